The van der Waals surface area contributed by atoms with Crippen LogP contribution < -0.4 is 14.8 Å². The number of ether oxygens (including phenoxy) is 2. The number of carbonyl (C=O) groups is 2. The van der Waals surface area contributed by atoms with E-state index < -0.39 is 0 Å². The number of likely N-dealkylation sites (tertiary alicyclic amines) is 1. The molecule has 2 amide bonds. The fourth-order valence-corrected chi connectivity index (χ4v) is 4.52. The second-order valence-electron chi connectivity index (χ2n) is 9.61. The molecule has 0 unspecified atom stereocenters. The number of nitrogens with one attached hydrogen (secondary N) is 1. The Hall–Kier alpha value is -3.39. The molecule has 36 heavy (non-hydrogen) atoms. The standard InChI is InChI=1S/C28H36N4O4/c1-20(2)36-26-17-22(9-13-25(26)35-3)24-12-14-28(34)32(30-24)18-21-7-10-23(11-8-21)29-27(33)19-31-15-5-4-6-16-31/h7-11,13,17,20H,4-6,12,14-16,18-19H2,1-3H3,(H,29,33). The first-order chi connectivity index (χ1) is 17.4. The molecule has 0 atom stereocenters. The van der Waals surface area contributed by atoms with E-state index in [1.807, 2.05) is 56.3 Å². The van der Waals surface area contributed by atoms with Crippen LogP contribution in [0.4, 0.5) is 5.69 Å². The lowest BCUT2D eigenvalue weighted by atomic mass is 10.0. The molecule has 2 aliphatic rings. The van der Waals surface area contributed by atoms with E-state index in [9.17, 15) is 9.59 Å². The number of nitrogens with zero attached hydrogens (tertiary/aromatic N) is 3. The number of benzene rings is 2. The van der Waals surface area contributed by atoms with Gasteiger partial charge in [0.25, 0.3) is 0 Å². The molecule has 1 N–H and O–H groups in total. The highest BCUT2D eigenvalue weighted by Gasteiger charge is 2.23. The lowest BCUT2D eigenvalue weighted by Crippen LogP contribution is -2.36. The van der Waals surface area contributed by atoms with Gasteiger partial charge in [-0.2, -0.15) is 5.10 Å². The summed E-state index contributed by atoms with van der Waals surface area (Å²) in [6.45, 7) is 6.71. The van der Waals surface area contributed by atoms with Crippen LogP contribution >= 0.6 is 0 Å². The van der Waals surface area contributed by atoms with E-state index in [0.717, 1.165) is 48.5 Å². The zero-order chi connectivity index (χ0) is 25.5. The van der Waals surface area contributed by atoms with Crippen molar-refractivity contribution in [3.05, 3.63) is 53.6 Å². The molecule has 2 heterocycles. The first-order valence-corrected chi connectivity index (χ1v) is 12.8. The van der Waals surface area contributed by atoms with Gasteiger partial charge in [-0.3, -0.25) is 14.5 Å². The zero-order valence-electron chi connectivity index (χ0n) is 21.5. The summed E-state index contributed by atoms with van der Waals surface area (Å²) >= 11 is 0. The zero-order valence-corrected chi connectivity index (χ0v) is 21.5. The van der Waals surface area contributed by atoms with Crippen molar-refractivity contribution in [3.63, 3.8) is 0 Å². The van der Waals surface area contributed by atoms with E-state index in [2.05, 4.69) is 15.3 Å². The Labute approximate surface area is 213 Å². The van der Waals surface area contributed by atoms with Gasteiger partial charge in [0.2, 0.25) is 11.8 Å². The minimum atomic E-state index is -0.00942. The summed E-state index contributed by atoms with van der Waals surface area (Å²) in [4.78, 5) is 27.2. The summed E-state index contributed by atoms with van der Waals surface area (Å²) in [5.74, 6) is 1.32. The topological polar surface area (TPSA) is 83.5 Å². The van der Waals surface area contributed by atoms with Gasteiger partial charge in [0.15, 0.2) is 11.5 Å². The largest absolute Gasteiger partial charge is 0.493 e. The second-order valence-corrected chi connectivity index (χ2v) is 9.61. The molecule has 4 rings (SSSR count). The van der Waals surface area contributed by atoms with Crippen molar-refractivity contribution in [2.24, 2.45) is 5.10 Å². The van der Waals surface area contributed by atoms with Crippen LogP contribution in [0.1, 0.15) is 57.1 Å². The maximum absolute atomic E-state index is 12.6. The average molecular weight is 493 g/mol. The highest BCUT2D eigenvalue weighted by atomic mass is 16.5. The molecular weight excluding hydrogens is 456 g/mol. The lowest BCUT2D eigenvalue weighted by Gasteiger charge is -2.25. The van der Waals surface area contributed by atoms with E-state index >= 15 is 0 Å². The van der Waals surface area contributed by atoms with Crippen molar-refractivity contribution in [1.82, 2.24) is 9.91 Å². The summed E-state index contributed by atoms with van der Waals surface area (Å²) < 4.78 is 11.3. The molecule has 192 valence electrons. The quantitative estimate of drug-likeness (QED) is 0.560. The van der Waals surface area contributed by atoms with E-state index in [4.69, 9.17) is 9.47 Å². The number of hydrogen-bond acceptors (Lipinski definition) is 6. The first-order valence-electron chi connectivity index (χ1n) is 12.8. The van der Waals surface area contributed by atoms with Gasteiger partial charge in [-0.05, 0) is 75.7 Å². The number of amides is 2. The molecule has 0 spiro atoms. The van der Waals surface area contributed by atoms with Crippen LogP contribution in [-0.2, 0) is 16.1 Å². The first kappa shape index (κ1) is 25.7. The highest BCUT2D eigenvalue weighted by molar-refractivity contribution is 6.04. The summed E-state index contributed by atoms with van der Waals surface area (Å²) in [6, 6.07) is 13.3. The van der Waals surface area contributed by atoms with Gasteiger partial charge in [-0.1, -0.05) is 18.6 Å². The van der Waals surface area contributed by atoms with Gasteiger partial charge < -0.3 is 14.8 Å². The monoisotopic (exact) mass is 492 g/mol. The van der Waals surface area contributed by atoms with Crippen molar-refractivity contribution in [2.75, 3.05) is 32.1 Å². The Kier molecular flexibility index (Phi) is 8.59. The molecule has 8 nitrogen and oxygen atoms in total. The molecule has 0 bridgehead atoms. The third kappa shape index (κ3) is 6.85. The predicted octanol–water partition coefficient (Wildman–Crippen LogP) is 4.43. The van der Waals surface area contributed by atoms with Crippen LogP contribution in [-0.4, -0.2) is 60.3 Å². The van der Waals surface area contributed by atoms with Crippen LogP contribution in [0.5, 0.6) is 11.5 Å². The van der Waals surface area contributed by atoms with Crippen LogP contribution in [0.25, 0.3) is 0 Å². The molecule has 1 saturated heterocycles. The minimum Gasteiger partial charge on any atom is -0.493 e. The molecule has 0 aromatic heterocycles. The minimum absolute atomic E-state index is 0.00501. The fraction of sp³-hybridized carbons (Fsp3) is 0.464. The Morgan fingerprint density at radius 1 is 1.03 bits per heavy atom. The molecule has 2 aromatic rings. The summed E-state index contributed by atoms with van der Waals surface area (Å²) in [5.41, 5.74) is 3.45. The molecular formula is C28H36N4O4. The Bertz CT molecular complexity index is 1090. The molecule has 0 aliphatic carbocycles. The third-order valence-electron chi connectivity index (χ3n) is 6.35. The van der Waals surface area contributed by atoms with E-state index in [1.165, 1.54) is 11.4 Å². The Morgan fingerprint density at radius 2 is 1.78 bits per heavy atom. The summed E-state index contributed by atoms with van der Waals surface area (Å²) in [6.07, 6.45) is 4.55. The number of rotatable bonds is 9. The highest BCUT2D eigenvalue weighted by Crippen LogP contribution is 2.30. The fourth-order valence-electron chi connectivity index (χ4n) is 4.52. The van der Waals surface area contributed by atoms with Crippen molar-refractivity contribution in [2.45, 2.75) is 58.6 Å². The molecule has 0 radical (unpaired) electrons. The Balaban J connectivity index is 1.40. The van der Waals surface area contributed by atoms with Gasteiger partial charge in [-0.25, -0.2) is 5.01 Å². The SMILES string of the molecule is COc1ccc(C2=NN(Cc3ccc(NC(=O)CN4CCCCC4)cc3)C(=O)CC2)cc1OC(C)C. The third-order valence-corrected chi connectivity index (χ3v) is 6.35. The summed E-state index contributed by atoms with van der Waals surface area (Å²) in [7, 11) is 1.62. The number of hydrazone groups is 1. The number of hydrogen-bond donors (Lipinski definition) is 1. The van der Waals surface area contributed by atoms with Gasteiger partial charge in [-0.15, -0.1) is 0 Å². The van der Waals surface area contributed by atoms with Crippen LogP contribution in [0, 0.1) is 0 Å². The molecule has 1 fully saturated rings. The normalized spacial score (nSPS) is 16.6. The van der Waals surface area contributed by atoms with E-state index in [1.54, 1.807) is 7.11 Å². The number of carbonyl (C=O) groups excluding carboxylic acids is 2. The predicted molar refractivity (Wildman–Crippen MR) is 140 cm³/mol. The van der Waals surface area contributed by atoms with Crippen molar-refractivity contribution >= 4 is 23.2 Å². The Morgan fingerprint density at radius 3 is 2.47 bits per heavy atom. The van der Waals surface area contributed by atoms with Crippen molar-refractivity contribution < 1.29 is 19.1 Å². The maximum Gasteiger partial charge on any atom is 0.243 e. The van der Waals surface area contributed by atoms with Crippen molar-refractivity contribution in [1.29, 1.82) is 0 Å². The van der Waals surface area contributed by atoms with Crippen LogP contribution in [0.3, 0.4) is 0 Å². The summed E-state index contributed by atoms with van der Waals surface area (Å²) in [5, 5.41) is 9.17. The van der Waals surface area contributed by atoms with Crippen LogP contribution in [0.15, 0.2) is 47.6 Å². The van der Waals surface area contributed by atoms with Gasteiger partial charge in [0.05, 0.1) is 32.0 Å². The average Bonchev–Trinajstić information content (AvgIpc) is 2.86. The second kappa shape index (κ2) is 12.0. The number of piperidine rings is 1. The number of methoxy groups -OCH3 is 1. The maximum atomic E-state index is 12.6. The van der Waals surface area contributed by atoms with Crippen LogP contribution in [0.2, 0.25) is 0 Å². The van der Waals surface area contributed by atoms with E-state index in [-0.39, 0.29) is 17.9 Å². The number of anilines is 1. The molecule has 8 heteroatoms. The van der Waals surface area contributed by atoms with E-state index in [0.29, 0.717) is 37.4 Å². The van der Waals surface area contributed by atoms with Gasteiger partial charge in [0.1, 0.15) is 0 Å². The van der Waals surface area contributed by atoms with Gasteiger partial charge >= 0.3 is 0 Å². The smallest absolute Gasteiger partial charge is 0.243 e. The molecule has 2 aliphatic heterocycles. The van der Waals surface area contributed by atoms with Crippen molar-refractivity contribution in [3.8, 4) is 11.5 Å². The van der Waals surface area contributed by atoms with Gasteiger partial charge in [0, 0.05) is 24.1 Å². The molecule has 0 saturated carbocycles. The lowest BCUT2D eigenvalue weighted by molar-refractivity contribution is -0.132. The molecule has 2 aromatic carbocycles.